The van der Waals surface area contributed by atoms with Crippen molar-refractivity contribution in [1.82, 2.24) is 9.97 Å². The number of hydrogen-bond donors (Lipinski definition) is 1. The van der Waals surface area contributed by atoms with Gasteiger partial charge in [0.1, 0.15) is 23.3 Å². The number of thiazole rings is 2. The van der Waals surface area contributed by atoms with Crippen molar-refractivity contribution in [1.29, 1.82) is 0 Å². The van der Waals surface area contributed by atoms with Gasteiger partial charge in [0, 0.05) is 5.56 Å². The van der Waals surface area contributed by atoms with E-state index in [4.69, 9.17) is 14.2 Å². The van der Waals surface area contributed by atoms with Crippen LogP contribution in [0.4, 0.5) is 5.13 Å². The summed E-state index contributed by atoms with van der Waals surface area (Å²) in [5.74, 6) is -0.280. The molecule has 0 spiro atoms. The van der Waals surface area contributed by atoms with Gasteiger partial charge < -0.3 is 19.3 Å². The van der Waals surface area contributed by atoms with E-state index >= 15 is 0 Å². The van der Waals surface area contributed by atoms with Crippen LogP contribution in [0.3, 0.4) is 0 Å². The molecular formula is C26H23N3O6S2. The minimum absolute atomic E-state index is 0.0693. The van der Waals surface area contributed by atoms with Crippen LogP contribution in [0.2, 0.25) is 0 Å². The highest BCUT2D eigenvalue weighted by Gasteiger charge is 2.47. The number of ketones is 1. The van der Waals surface area contributed by atoms with Crippen molar-refractivity contribution >= 4 is 49.7 Å². The molecule has 1 aliphatic heterocycles. The van der Waals surface area contributed by atoms with Crippen molar-refractivity contribution in [2.45, 2.75) is 19.9 Å². The van der Waals surface area contributed by atoms with Crippen LogP contribution in [0.5, 0.6) is 17.2 Å². The first-order valence-corrected chi connectivity index (χ1v) is 12.8. The lowest BCUT2D eigenvalue weighted by molar-refractivity contribution is -0.117. The van der Waals surface area contributed by atoms with E-state index < -0.39 is 23.5 Å². The fraction of sp³-hybridized carbons (Fsp3) is 0.231. The van der Waals surface area contributed by atoms with Gasteiger partial charge in [-0.2, -0.15) is 0 Å². The molecule has 4 aromatic rings. The number of rotatable bonds is 7. The highest BCUT2D eigenvalue weighted by Crippen LogP contribution is 2.47. The lowest BCUT2D eigenvalue weighted by Gasteiger charge is -2.26. The van der Waals surface area contributed by atoms with Crippen molar-refractivity contribution in [2.75, 3.05) is 26.2 Å². The molecular weight excluding hydrogens is 514 g/mol. The van der Waals surface area contributed by atoms with E-state index in [1.54, 1.807) is 51.3 Å². The number of aliphatic hydroxyl groups is 1. The predicted octanol–water partition coefficient (Wildman–Crippen LogP) is 5.18. The second kappa shape index (κ2) is 9.49. The highest BCUT2D eigenvalue weighted by atomic mass is 32.1. The lowest BCUT2D eigenvalue weighted by atomic mass is 9.94. The van der Waals surface area contributed by atoms with Gasteiger partial charge in [-0.25, -0.2) is 9.97 Å². The molecule has 0 aliphatic carbocycles. The zero-order chi connectivity index (χ0) is 26.4. The van der Waals surface area contributed by atoms with Crippen LogP contribution in [-0.2, 0) is 4.79 Å². The summed E-state index contributed by atoms with van der Waals surface area (Å²) in [5, 5.41) is 12.2. The van der Waals surface area contributed by atoms with Crippen molar-refractivity contribution in [2.24, 2.45) is 0 Å². The maximum atomic E-state index is 13.9. The summed E-state index contributed by atoms with van der Waals surface area (Å²) in [6.45, 7) is 3.53. The number of amides is 1. The van der Waals surface area contributed by atoms with Gasteiger partial charge in [0.25, 0.3) is 5.91 Å². The molecule has 1 aliphatic rings. The van der Waals surface area contributed by atoms with Gasteiger partial charge in [-0.1, -0.05) is 11.3 Å². The maximum Gasteiger partial charge on any atom is 0.296 e. The monoisotopic (exact) mass is 537 g/mol. The molecule has 2 aromatic carbocycles. The Labute approximate surface area is 220 Å². The third-order valence-corrected chi connectivity index (χ3v) is 8.17. The molecule has 0 saturated heterocycles. The van der Waals surface area contributed by atoms with E-state index in [1.165, 1.54) is 41.8 Å². The Bertz CT molecular complexity index is 1590. The second-order valence-electron chi connectivity index (χ2n) is 8.25. The summed E-state index contributed by atoms with van der Waals surface area (Å²) in [4.78, 5) is 38.2. The first-order valence-electron chi connectivity index (χ1n) is 11.2. The summed E-state index contributed by atoms with van der Waals surface area (Å²) < 4.78 is 17.1. The van der Waals surface area contributed by atoms with Crippen molar-refractivity contribution in [3.63, 3.8) is 0 Å². The summed E-state index contributed by atoms with van der Waals surface area (Å²) in [6.07, 6.45) is 0. The number of carbonyl (C=O) groups excluding carboxylic acids is 2. The maximum absolute atomic E-state index is 13.9. The van der Waals surface area contributed by atoms with Gasteiger partial charge >= 0.3 is 0 Å². The second-order valence-corrected chi connectivity index (χ2v) is 10.5. The lowest BCUT2D eigenvalue weighted by Crippen LogP contribution is -2.31. The molecule has 1 unspecified atom stereocenters. The number of aromatic nitrogens is 2. The molecule has 11 heteroatoms. The third-order valence-electron chi connectivity index (χ3n) is 6.08. The number of carbonyl (C=O) groups is 2. The Morgan fingerprint density at radius 1 is 0.973 bits per heavy atom. The summed E-state index contributed by atoms with van der Waals surface area (Å²) in [7, 11) is 4.59. The van der Waals surface area contributed by atoms with E-state index in [0.29, 0.717) is 49.0 Å². The number of methoxy groups -OCH3 is 3. The number of Topliss-reactive ketones (excluding diaryl/α,β-unsaturated/α-hetero) is 1. The van der Waals surface area contributed by atoms with Crippen molar-refractivity contribution in [3.05, 3.63) is 68.9 Å². The zero-order valence-corrected chi connectivity index (χ0v) is 22.3. The fourth-order valence-electron chi connectivity index (χ4n) is 4.37. The SMILES string of the molecule is COc1ccc(OC)c(C2C(C(=O)c3sc(C)nc3C)=C(O)C(=O)N2c2nc3ccc(OC)cc3s2)c1. The third kappa shape index (κ3) is 4.09. The number of nitrogens with zero attached hydrogens (tertiary/aromatic N) is 3. The van der Waals surface area contributed by atoms with Gasteiger partial charge in [0.2, 0.25) is 5.78 Å². The normalized spacial score (nSPS) is 15.5. The van der Waals surface area contributed by atoms with Crippen LogP contribution in [0.1, 0.15) is 32.0 Å². The van der Waals surface area contributed by atoms with Gasteiger partial charge in [0.15, 0.2) is 10.9 Å². The molecule has 0 radical (unpaired) electrons. The Balaban J connectivity index is 1.74. The van der Waals surface area contributed by atoms with E-state index in [0.717, 1.165) is 4.70 Å². The number of fused-ring (bicyclic) bond motifs is 1. The first kappa shape index (κ1) is 24.7. The van der Waals surface area contributed by atoms with Gasteiger partial charge in [-0.15, -0.1) is 11.3 Å². The predicted molar refractivity (Wildman–Crippen MR) is 142 cm³/mol. The van der Waals surface area contributed by atoms with Crippen molar-refractivity contribution in [3.8, 4) is 17.2 Å². The zero-order valence-electron chi connectivity index (χ0n) is 20.7. The Hall–Kier alpha value is -3.96. The number of aliphatic hydroxyl groups excluding tert-OH is 1. The van der Waals surface area contributed by atoms with Crippen LogP contribution in [0, 0.1) is 13.8 Å². The largest absolute Gasteiger partial charge is 0.503 e. The Kier molecular flexibility index (Phi) is 6.34. The van der Waals surface area contributed by atoms with Gasteiger partial charge in [0.05, 0.1) is 52.7 Å². The molecule has 1 amide bonds. The van der Waals surface area contributed by atoms with Gasteiger partial charge in [-0.3, -0.25) is 14.5 Å². The molecule has 0 saturated carbocycles. The molecule has 2 aromatic heterocycles. The molecule has 1 N–H and O–H groups in total. The summed E-state index contributed by atoms with van der Waals surface area (Å²) in [6, 6.07) is 9.47. The van der Waals surface area contributed by atoms with Crippen molar-refractivity contribution < 1.29 is 28.9 Å². The van der Waals surface area contributed by atoms with Crippen LogP contribution in [0.15, 0.2) is 47.7 Å². The van der Waals surface area contributed by atoms with Crippen LogP contribution in [-0.4, -0.2) is 48.1 Å². The molecule has 1 atom stereocenters. The minimum atomic E-state index is -1.02. The number of benzene rings is 2. The minimum Gasteiger partial charge on any atom is -0.503 e. The van der Waals surface area contributed by atoms with E-state index in [9.17, 15) is 14.7 Å². The van der Waals surface area contributed by atoms with Crippen LogP contribution >= 0.6 is 22.7 Å². The summed E-state index contributed by atoms with van der Waals surface area (Å²) >= 11 is 2.47. The van der Waals surface area contributed by atoms with Gasteiger partial charge in [-0.05, 0) is 50.2 Å². The van der Waals surface area contributed by atoms with Crippen LogP contribution < -0.4 is 19.1 Å². The molecule has 190 valence electrons. The quantitative estimate of drug-likeness (QED) is 0.321. The standard InChI is InChI=1S/C26H23N3O6S2/c1-12-24(36-13(2)27-12)22(30)20-21(16-10-14(33-3)7-9-18(16)35-5)29(25(32)23(20)31)26-28-17-8-6-15(34-4)11-19(17)37-26/h6-11,21,31H,1-5H3. The average Bonchev–Trinajstić information content (AvgIpc) is 3.55. The highest BCUT2D eigenvalue weighted by molar-refractivity contribution is 7.22. The number of aryl methyl sites for hydroxylation is 2. The first-order chi connectivity index (χ1) is 17.8. The van der Waals surface area contributed by atoms with E-state index in [1.807, 2.05) is 6.07 Å². The number of ether oxygens (including phenoxy) is 3. The molecule has 0 fully saturated rings. The topological polar surface area (TPSA) is 111 Å². The fourth-order valence-corrected chi connectivity index (χ4v) is 6.26. The van der Waals surface area contributed by atoms with E-state index in [-0.39, 0.29) is 5.57 Å². The molecule has 37 heavy (non-hydrogen) atoms. The molecule has 3 heterocycles. The van der Waals surface area contributed by atoms with Crippen LogP contribution in [0.25, 0.3) is 10.2 Å². The number of anilines is 1. The molecule has 9 nitrogen and oxygen atoms in total. The molecule has 0 bridgehead atoms. The smallest absolute Gasteiger partial charge is 0.296 e. The van der Waals surface area contributed by atoms with E-state index in [2.05, 4.69) is 9.97 Å². The average molecular weight is 538 g/mol. The molecule has 5 rings (SSSR count). The summed E-state index contributed by atoms with van der Waals surface area (Å²) in [5.41, 5.74) is 1.58. The Morgan fingerprint density at radius 2 is 1.68 bits per heavy atom. The number of hydrogen-bond acceptors (Lipinski definition) is 10. The Morgan fingerprint density at radius 3 is 2.32 bits per heavy atom.